The first kappa shape index (κ1) is 10.3. The van der Waals surface area contributed by atoms with Crippen molar-refractivity contribution in [2.45, 2.75) is 0 Å². The molecular formula is C12H8FNO2. The van der Waals surface area contributed by atoms with Gasteiger partial charge in [-0.2, -0.15) is 0 Å². The average Bonchev–Trinajstić information content (AvgIpc) is 2.32. The van der Waals surface area contributed by atoms with E-state index in [-0.39, 0.29) is 5.82 Å². The summed E-state index contributed by atoms with van der Waals surface area (Å²) in [5.74, 6) is 0.440. The van der Waals surface area contributed by atoms with Gasteiger partial charge in [0.1, 0.15) is 17.3 Å². The molecule has 0 unspecified atom stereocenters. The standard InChI is InChI=1S/C12H8FNO2/c13-9-4-6-11(7-5-9)16-12-3-1-2-10(8-15)14-12/h1-8H. The molecule has 16 heavy (non-hydrogen) atoms. The van der Waals surface area contributed by atoms with Crippen LogP contribution < -0.4 is 4.74 Å². The number of pyridine rings is 1. The fourth-order valence-corrected chi connectivity index (χ4v) is 1.18. The van der Waals surface area contributed by atoms with Crippen molar-refractivity contribution in [1.29, 1.82) is 0 Å². The highest BCUT2D eigenvalue weighted by Crippen LogP contribution is 2.19. The minimum atomic E-state index is -0.332. The predicted octanol–water partition coefficient (Wildman–Crippen LogP) is 2.83. The van der Waals surface area contributed by atoms with E-state index in [1.807, 2.05) is 0 Å². The van der Waals surface area contributed by atoms with E-state index < -0.39 is 0 Å². The Labute approximate surface area is 91.5 Å². The summed E-state index contributed by atoms with van der Waals surface area (Å²) in [6, 6.07) is 10.4. The number of halogens is 1. The van der Waals surface area contributed by atoms with E-state index in [9.17, 15) is 9.18 Å². The zero-order chi connectivity index (χ0) is 11.4. The third-order valence-corrected chi connectivity index (χ3v) is 1.90. The second-order valence-corrected chi connectivity index (χ2v) is 3.07. The highest BCUT2D eigenvalue weighted by Gasteiger charge is 2.00. The predicted molar refractivity (Wildman–Crippen MR) is 56.1 cm³/mol. The number of hydrogen-bond donors (Lipinski definition) is 0. The van der Waals surface area contributed by atoms with Crippen LogP contribution >= 0.6 is 0 Å². The van der Waals surface area contributed by atoms with Gasteiger partial charge in [-0.25, -0.2) is 9.37 Å². The van der Waals surface area contributed by atoms with Gasteiger partial charge in [-0.3, -0.25) is 4.79 Å². The van der Waals surface area contributed by atoms with Crippen LogP contribution in [0.25, 0.3) is 0 Å². The first-order chi connectivity index (χ1) is 7.78. The lowest BCUT2D eigenvalue weighted by atomic mass is 10.3. The van der Waals surface area contributed by atoms with Gasteiger partial charge in [0.15, 0.2) is 6.29 Å². The summed E-state index contributed by atoms with van der Waals surface area (Å²) in [7, 11) is 0. The summed E-state index contributed by atoms with van der Waals surface area (Å²) in [5, 5.41) is 0. The Bertz CT molecular complexity index is 497. The quantitative estimate of drug-likeness (QED) is 0.742. The smallest absolute Gasteiger partial charge is 0.219 e. The Morgan fingerprint density at radius 1 is 1.12 bits per heavy atom. The summed E-state index contributed by atoms with van der Waals surface area (Å²) < 4.78 is 18.0. The second-order valence-electron chi connectivity index (χ2n) is 3.07. The maximum absolute atomic E-state index is 12.6. The summed E-state index contributed by atoms with van der Waals surface area (Å²) in [6.45, 7) is 0. The van der Waals surface area contributed by atoms with Crippen LogP contribution in [-0.4, -0.2) is 11.3 Å². The van der Waals surface area contributed by atoms with Crippen molar-refractivity contribution in [2.75, 3.05) is 0 Å². The van der Waals surface area contributed by atoms with E-state index in [4.69, 9.17) is 4.74 Å². The molecule has 0 spiro atoms. The van der Waals surface area contributed by atoms with Crippen LogP contribution in [-0.2, 0) is 0 Å². The molecule has 1 heterocycles. The van der Waals surface area contributed by atoms with Gasteiger partial charge in [0.2, 0.25) is 5.88 Å². The van der Waals surface area contributed by atoms with Gasteiger partial charge < -0.3 is 4.74 Å². The van der Waals surface area contributed by atoms with Crippen molar-refractivity contribution < 1.29 is 13.9 Å². The molecule has 0 amide bonds. The van der Waals surface area contributed by atoms with Crippen molar-refractivity contribution in [3.63, 3.8) is 0 Å². The van der Waals surface area contributed by atoms with Crippen molar-refractivity contribution in [2.24, 2.45) is 0 Å². The van der Waals surface area contributed by atoms with Crippen LogP contribution in [0.3, 0.4) is 0 Å². The van der Waals surface area contributed by atoms with E-state index in [2.05, 4.69) is 4.98 Å². The Balaban J connectivity index is 2.20. The minimum Gasteiger partial charge on any atom is -0.439 e. The van der Waals surface area contributed by atoms with Crippen LogP contribution in [0, 0.1) is 5.82 Å². The number of benzene rings is 1. The normalized spacial score (nSPS) is 9.81. The molecule has 3 nitrogen and oxygen atoms in total. The first-order valence-electron chi connectivity index (χ1n) is 4.63. The molecule has 0 atom stereocenters. The number of carbonyl (C=O) groups excluding carboxylic acids is 1. The van der Waals surface area contributed by atoms with Gasteiger partial charge in [-0.05, 0) is 30.3 Å². The van der Waals surface area contributed by atoms with Crippen molar-refractivity contribution >= 4 is 6.29 Å². The molecule has 0 aliphatic rings. The number of hydrogen-bond acceptors (Lipinski definition) is 3. The maximum atomic E-state index is 12.6. The van der Waals surface area contributed by atoms with Gasteiger partial charge in [0, 0.05) is 6.07 Å². The topological polar surface area (TPSA) is 39.2 Å². The molecule has 0 N–H and O–H groups in total. The molecule has 0 radical (unpaired) electrons. The highest BCUT2D eigenvalue weighted by atomic mass is 19.1. The van der Waals surface area contributed by atoms with Gasteiger partial charge in [-0.15, -0.1) is 0 Å². The molecule has 0 aliphatic carbocycles. The molecular weight excluding hydrogens is 209 g/mol. The molecule has 80 valence electrons. The van der Waals surface area contributed by atoms with Gasteiger partial charge >= 0.3 is 0 Å². The molecule has 1 aromatic heterocycles. The molecule has 0 saturated carbocycles. The summed E-state index contributed by atoms with van der Waals surface area (Å²) in [4.78, 5) is 14.4. The third kappa shape index (κ3) is 2.42. The van der Waals surface area contributed by atoms with Crippen LogP contribution in [0.5, 0.6) is 11.6 Å². The van der Waals surface area contributed by atoms with E-state index in [1.54, 1.807) is 18.2 Å². The lowest BCUT2D eigenvalue weighted by Crippen LogP contribution is -1.91. The number of ether oxygens (including phenoxy) is 1. The third-order valence-electron chi connectivity index (χ3n) is 1.90. The van der Waals surface area contributed by atoms with E-state index in [1.165, 1.54) is 24.3 Å². The zero-order valence-corrected chi connectivity index (χ0v) is 8.26. The van der Waals surface area contributed by atoms with Crippen molar-refractivity contribution in [3.05, 3.63) is 54.0 Å². The zero-order valence-electron chi connectivity index (χ0n) is 8.26. The molecule has 2 rings (SSSR count). The van der Waals surface area contributed by atoms with E-state index in [0.29, 0.717) is 23.6 Å². The lowest BCUT2D eigenvalue weighted by Gasteiger charge is -2.04. The van der Waals surface area contributed by atoms with Gasteiger partial charge in [0.05, 0.1) is 0 Å². The van der Waals surface area contributed by atoms with Crippen LogP contribution in [0.4, 0.5) is 4.39 Å². The van der Waals surface area contributed by atoms with Crippen LogP contribution in [0.15, 0.2) is 42.5 Å². The molecule has 1 aromatic carbocycles. The highest BCUT2D eigenvalue weighted by molar-refractivity contribution is 5.71. The lowest BCUT2D eigenvalue weighted by molar-refractivity contribution is 0.111. The number of carbonyl (C=O) groups is 1. The number of nitrogens with zero attached hydrogens (tertiary/aromatic N) is 1. The van der Waals surface area contributed by atoms with Crippen LogP contribution in [0.1, 0.15) is 10.5 Å². The van der Waals surface area contributed by atoms with E-state index >= 15 is 0 Å². The second kappa shape index (κ2) is 4.53. The molecule has 2 aromatic rings. The maximum Gasteiger partial charge on any atom is 0.219 e. The number of aldehydes is 1. The van der Waals surface area contributed by atoms with Crippen molar-refractivity contribution in [3.8, 4) is 11.6 Å². The SMILES string of the molecule is O=Cc1cccc(Oc2ccc(F)cc2)n1. The molecule has 0 aliphatic heterocycles. The molecule has 0 saturated heterocycles. The summed E-state index contributed by atoms with van der Waals surface area (Å²) >= 11 is 0. The Morgan fingerprint density at radius 3 is 2.56 bits per heavy atom. The Hall–Kier alpha value is -2.23. The fraction of sp³-hybridized carbons (Fsp3) is 0. The minimum absolute atomic E-state index is 0.291. The van der Waals surface area contributed by atoms with Gasteiger partial charge in [-0.1, -0.05) is 6.07 Å². The Kier molecular flexibility index (Phi) is 2.91. The fourth-order valence-electron chi connectivity index (χ4n) is 1.18. The van der Waals surface area contributed by atoms with Gasteiger partial charge in [0.25, 0.3) is 0 Å². The van der Waals surface area contributed by atoms with E-state index in [0.717, 1.165) is 0 Å². The number of rotatable bonds is 3. The molecule has 0 fully saturated rings. The molecule has 4 heteroatoms. The Morgan fingerprint density at radius 2 is 1.88 bits per heavy atom. The summed E-state index contributed by atoms with van der Waals surface area (Å²) in [6.07, 6.45) is 0.636. The van der Waals surface area contributed by atoms with Crippen LogP contribution in [0.2, 0.25) is 0 Å². The molecule has 0 bridgehead atoms. The summed E-state index contributed by atoms with van der Waals surface area (Å²) in [5.41, 5.74) is 0.291. The first-order valence-corrected chi connectivity index (χ1v) is 4.63. The monoisotopic (exact) mass is 217 g/mol. The largest absolute Gasteiger partial charge is 0.439 e. The average molecular weight is 217 g/mol. The number of aromatic nitrogens is 1. The van der Waals surface area contributed by atoms with Crippen molar-refractivity contribution in [1.82, 2.24) is 4.98 Å².